The number of hydrogen-bond donors (Lipinski definition) is 0. The number of benzene rings is 1. The van der Waals surface area contributed by atoms with E-state index in [4.69, 9.17) is 9.31 Å². The molecular formula is C19H25BN2O3. The van der Waals surface area contributed by atoms with Gasteiger partial charge in [0.15, 0.2) is 0 Å². The van der Waals surface area contributed by atoms with Gasteiger partial charge in [0.05, 0.1) is 16.9 Å². The minimum Gasteiger partial charge on any atom is -0.399 e. The molecule has 25 heavy (non-hydrogen) atoms. The summed E-state index contributed by atoms with van der Waals surface area (Å²) in [5, 5.41) is 3.15. The number of nitrogens with zero attached hydrogens (tertiary/aromatic N) is 2. The molecule has 2 aromatic rings. The molecule has 0 bridgehead atoms. The van der Waals surface area contributed by atoms with Gasteiger partial charge in [-0.05, 0) is 56.5 Å². The first-order valence-electron chi connectivity index (χ1n) is 8.58. The second kappa shape index (κ2) is 7.46. The minimum absolute atomic E-state index is 0.330. The van der Waals surface area contributed by atoms with Gasteiger partial charge in [-0.2, -0.15) is 0 Å². The maximum atomic E-state index is 11.3. The van der Waals surface area contributed by atoms with Crippen LogP contribution in [0.1, 0.15) is 41.5 Å². The number of pyridine rings is 1. The van der Waals surface area contributed by atoms with E-state index in [0.29, 0.717) is 16.9 Å². The molecule has 0 spiro atoms. The summed E-state index contributed by atoms with van der Waals surface area (Å²) < 4.78 is 12.0. The van der Waals surface area contributed by atoms with Gasteiger partial charge < -0.3 is 9.31 Å². The first-order valence-corrected chi connectivity index (χ1v) is 8.58. The van der Waals surface area contributed by atoms with E-state index in [1.807, 2.05) is 71.9 Å². The third-order valence-corrected chi connectivity index (χ3v) is 4.59. The van der Waals surface area contributed by atoms with Crippen LogP contribution in [0.3, 0.4) is 0 Å². The SMILES string of the molecule is CC.CC1(C)OB(c2ccc(-c3ccccn3)c(N=O)c2)OC1(C)C. The van der Waals surface area contributed by atoms with Crippen molar-refractivity contribution in [2.75, 3.05) is 0 Å². The van der Waals surface area contributed by atoms with E-state index >= 15 is 0 Å². The lowest BCUT2D eigenvalue weighted by molar-refractivity contribution is 0.00578. The van der Waals surface area contributed by atoms with Crippen LogP contribution in [-0.4, -0.2) is 23.3 Å². The smallest absolute Gasteiger partial charge is 0.399 e. The molecule has 5 nitrogen and oxygen atoms in total. The molecule has 0 N–H and O–H groups in total. The highest BCUT2D eigenvalue weighted by Crippen LogP contribution is 2.37. The van der Waals surface area contributed by atoms with Crippen LogP contribution in [0.25, 0.3) is 11.3 Å². The Hall–Kier alpha value is -2.05. The van der Waals surface area contributed by atoms with E-state index in [9.17, 15) is 4.91 Å². The lowest BCUT2D eigenvalue weighted by Crippen LogP contribution is -2.41. The van der Waals surface area contributed by atoms with E-state index in [1.54, 1.807) is 12.3 Å². The fraction of sp³-hybridized carbons (Fsp3) is 0.421. The largest absolute Gasteiger partial charge is 0.494 e. The maximum absolute atomic E-state index is 11.3. The number of aromatic nitrogens is 1. The summed E-state index contributed by atoms with van der Waals surface area (Å²) in [4.78, 5) is 15.5. The molecule has 1 aliphatic heterocycles. The molecule has 1 saturated heterocycles. The molecule has 0 aliphatic carbocycles. The van der Waals surface area contributed by atoms with Gasteiger partial charge in [-0.15, -0.1) is 4.91 Å². The molecule has 0 atom stereocenters. The van der Waals surface area contributed by atoms with Crippen molar-refractivity contribution in [2.45, 2.75) is 52.7 Å². The fourth-order valence-corrected chi connectivity index (χ4v) is 2.49. The molecule has 132 valence electrons. The monoisotopic (exact) mass is 340 g/mol. The van der Waals surface area contributed by atoms with Gasteiger partial charge in [-0.3, -0.25) is 4.98 Å². The van der Waals surface area contributed by atoms with Crippen molar-refractivity contribution in [2.24, 2.45) is 5.18 Å². The number of rotatable bonds is 3. The van der Waals surface area contributed by atoms with Gasteiger partial charge in [-0.1, -0.05) is 32.0 Å². The quantitative estimate of drug-likeness (QED) is 0.611. The summed E-state index contributed by atoms with van der Waals surface area (Å²) in [6.07, 6.45) is 1.69. The Morgan fingerprint density at radius 3 is 2.16 bits per heavy atom. The Balaban J connectivity index is 0.00000109. The summed E-state index contributed by atoms with van der Waals surface area (Å²) in [6.45, 7) is 12.0. The zero-order chi connectivity index (χ0) is 18.7. The topological polar surface area (TPSA) is 60.8 Å². The standard InChI is InChI=1S/C17H19BN2O3.C2H6/c1-16(2)17(3,4)23-18(22-16)12-8-9-13(15(11-12)20-21)14-7-5-6-10-19-14;1-2/h5-11H,1-4H3;1-2H3. The van der Waals surface area contributed by atoms with Gasteiger partial charge in [-0.25, -0.2) is 0 Å². The van der Waals surface area contributed by atoms with Crippen LogP contribution in [0.4, 0.5) is 5.69 Å². The average molecular weight is 340 g/mol. The molecule has 0 amide bonds. The summed E-state index contributed by atoms with van der Waals surface area (Å²) in [5.74, 6) is 0. The van der Waals surface area contributed by atoms with Crippen LogP contribution < -0.4 is 5.46 Å². The number of nitroso groups, excluding NO2 is 1. The Labute approximate surface area is 149 Å². The van der Waals surface area contributed by atoms with E-state index in [1.165, 1.54) is 0 Å². The first kappa shape index (κ1) is 19.3. The van der Waals surface area contributed by atoms with E-state index in [-0.39, 0.29) is 0 Å². The third kappa shape index (κ3) is 3.80. The zero-order valence-electron chi connectivity index (χ0n) is 15.7. The van der Waals surface area contributed by atoms with Gasteiger partial charge in [0.1, 0.15) is 5.69 Å². The van der Waals surface area contributed by atoms with Gasteiger partial charge in [0.25, 0.3) is 0 Å². The van der Waals surface area contributed by atoms with E-state index in [0.717, 1.165) is 5.46 Å². The van der Waals surface area contributed by atoms with Crippen LogP contribution in [0.2, 0.25) is 0 Å². The molecule has 2 heterocycles. The fourth-order valence-electron chi connectivity index (χ4n) is 2.49. The second-order valence-electron chi connectivity index (χ2n) is 6.67. The zero-order valence-corrected chi connectivity index (χ0v) is 15.7. The van der Waals surface area contributed by atoms with Crippen LogP contribution >= 0.6 is 0 Å². The van der Waals surface area contributed by atoms with Crippen LogP contribution in [-0.2, 0) is 9.31 Å². The van der Waals surface area contributed by atoms with Gasteiger partial charge in [0.2, 0.25) is 0 Å². The molecule has 3 rings (SSSR count). The molecule has 1 aromatic carbocycles. The molecule has 1 fully saturated rings. The Morgan fingerprint density at radius 1 is 1.00 bits per heavy atom. The van der Waals surface area contributed by atoms with Crippen molar-refractivity contribution in [3.8, 4) is 11.3 Å². The Bertz CT molecular complexity index is 717. The molecule has 0 radical (unpaired) electrons. The molecule has 0 unspecified atom stereocenters. The predicted molar refractivity (Wildman–Crippen MR) is 102 cm³/mol. The van der Waals surface area contributed by atoms with Crippen molar-refractivity contribution in [1.29, 1.82) is 0 Å². The van der Waals surface area contributed by atoms with Crippen molar-refractivity contribution >= 4 is 18.3 Å². The molecule has 6 heteroatoms. The van der Waals surface area contributed by atoms with Gasteiger partial charge >= 0.3 is 7.12 Å². The van der Waals surface area contributed by atoms with Crippen LogP contribution in [0.15, 0.2) is 47.8 Å². The van der Waals surface area contributed by atoms with E-state index in [2.05, 4.69) is 10.2 Å². The molecule has 1 aliphatic rings. The summed E-state index contributed by atoms with van der Waals surface area (Å²) in [6, 6.07) is 11.0. The Morgan fingerprint density at radius 2 is 1.64 bits per heavy atom. The molecule has 1 aromatic heterocycles. The highest BCUT2D eigenvalue weighted by molar-refractivity contribution is 6.62. The van der Waals surface area contributed by atoms with Crippen LogP contribution in [0.5, 0.6) is 0 Å². The average Bonchev–Trinajstić information content (AvgIpc) is 2.84. The summed E-state index contributed by atoms with van der Waals surface area (Å²) >= 11 is 0. The summed E-state index contributed by atoms with van der Waals surface area (Å²) in [7, 11) is -0.515. The second-order valence-corrected chi connectivity index (χ2v) is 6.67. The first-order chi connectivity index (χ1) is 11.8. The molecular weight excluding hydrogens is 315 g/mol. The Kier molecular flexibility index (Phi) is 5.75. The number of hydrogen-bond acceptors (Lipinski definition) is 5. The van der Waals surface area contributed by atoms with Crippen molar-refractivity contribution in [3.63, 3.8) is 0 Å². The van der Waals surface area contributed by atoms with Crippen LogP contribution in [0, 0.1) is 4.91 Å². The van der Waals surface area contributed by atoms with Crippen molar-refractivity contribution in [1.82, 2.24) is 4.98 Å². The van der Waals surface area contributed by atoms with Crippen molar-refractivity contribution < 1.29 is 9.31 Å². The van der Waals surface area contributed by atoms with Crippen molar-refractivity contribution in [3.05, 3.63) is 47.5 Å². The highest BCUT2D eigenvalue weighted by Gasteiger charge is 2.51. The highest BCUT2D eigenvalue weighted by atomic mass is 16.7. The predicted octanol–water partition coefficient (Wildman–Crippen LogP) is 4.47. The lowest BCUT2D eigenvalue weighted by atomic mass is 9.78. The van der Waals surface area contributed by atoms with E-state index < -0.39 is 18.3 Å². The maximum Gasteiger partial charge on any atom is 0.494 e. The molecule has 0 saturated carbocycles. The third-order valence-electron chi connectivity index (χ3n) is 4.59. The lowest BCUT2D eigenvalue weighted by Gasteiger charge is -2.32. The normalized spacial score (nSPS) is 17.6. The van der Waals surface area contributed by atoms with Gasteiger partial charge in [0, 0.05) is 11.8 Å². The summed E-state index contributed by atoms with van der Waals surface area (Å²) in [5.41, 5.74) is 1.66. The minimum atomic E-state index is -0.515.